The zero-order valence-electron chi connectivity index (χ0n) is 10.00. The summed E-state index contributed by atoms with van der Waals surface area (Å²) < 4.78 is 5.93. The van der Waals surface area contributed by atoms with Gasteiger partial charge in [-0.25, -0.2) is 0 Å². The summed E-state index contributed by atoms with van der Waals surface area (Å²) in [6.45, 7) is 2.97. The van der Waals surface area contributed by atoms with E-state index in [-0.39, 0.29) is 5.91 Å². The molecular formula is C12H17BrN2O2. The van der Waals surface area contributed by atoms with E-state index >= 15 is 0 Å². The fraction of sp³-hybridized carbons (Fsp3) is 0.417. The minimum Gasteiger partial charge on any atom is -0.383 e. The minimum absolute atomic E-state index is 0.0939. The molecule has 0 radical (unpaired) electrons. The number of nitrogens with one attached hydrogen (secondary N) is 2. The van der Waals surface area contributed by atoms with Gasteiger partial charge in [-0.3, -0.25) is 4.79 Å². The first-order valence-electron chi connectivity index (χ1n) is 5.43. The Bertz CT molecular complexity index is 371. The molecular weight excluding hydrogens is 284 g/mol. The highest BCUT2D eigenvalue weighted by Gasteiger charge is 2.09. The second kappa shape index (κ2) is 7.29. The van der Waals surface area contributed by atoms with Gasteiger partial charge in [-0.15, -0.1) is 0 Å². The standard InChI is InChI=1S/C12H17BrN2O2/c1-9(17-2)12(16)15-7-6-14-11-5-3-4-10(13)8-11/h3-5,8-9,14H,6-7H2,1-2H3,(H,15,16)/t9-/m1/s1. The lowest BCUT2D eigenvalue weighted by atomic mass is 10.3. The highest BCUT2D eigenvalue weighted by Crippen LogP contribution is 2.14. The first kappa shape index (κ1) is 14.0. The monoisotopic (exact) mass is 300 g/mol. The molecule has 0 bridgehead atoms. The van der Waals surface area contributed by atoms with Gasteiger partial charge in [0.25, 0.3) is 0 Å². The van der Waals surface area contributed by atoms with Crippen LogP contribution in [-0.2, 0) is 9.53 Å². The van der Waals surface area contributed by atoms with Crippen LogP contribution in [0.25, 0.3) is 0 Å². The SMILES string of the molecule is CO[C@H](C)C(=O)NCCNc1cccc(Br)c1. The molecule has 2 N–H and O–H groups in total. The predicted octanol–water partition coefficient (Wildman–Crippen LogP) is 2.01. The number of hydrogen-bond donors (Lipinski definition) is 2. The van der Waals surface area contributed by atoms with Crippen LogP contribution in [0.3, 0.4) is 0 Å². The molecule has 0 aliphatic rings. The molecule has 94 valence electrons. The van der Waals surface area contributed by atoms with Crippen LogP contribution in [0.15, 0.2) is 28.7 Å². The maximum atomic E-state index is 11.4. The molecule has 0 aromatic heterocycles. The molecule has 0 unspecified atom stereocenters. The number of halogens is 1. The molecule has 0 aliphatic heterocycles. The molecule has 0 spiro atoms. The summed E-state index contributed by atoms with van der Waals surface area (Å²) in [6, 6.07) is 7.88. The largest absolute Gasteiger partial charge is 0.383 e. The van der Waals surface area contributed by atoms with E-state index in [2.05, 4.69) is 26.6 Å². The van der Waals surface area contributed by atoms with Crippen molar-refractivity contribution in [2.24, 2.45) is 0 Å². The summed E-state index contributed by atoms with van der Waals surface area (Å²) >= 11 is 3.40. The van der Waals surface area contributed by atoms with Crippen molar-refractivity contribution < 1.29 is 9.53 Å². The van der Waals surface area contributed by atoms with Crippen molar-refractivity contribution in [3.8, 4) is 0 Å². The number of ether oxygens (including phenoxy) is 1. The number of methoxy groups -OCH3 is 1. The molecule has 0 saturated heterocycles. The van der Waals surface area contributed by atoms with E-state index in [9.17, 15) is 4.79 Å². The molecule has 0 heterocycles. The molecule has 1 aromatic rings. The van der Waals surface area contributed by atoms with Gasteiger partial charge < -0.3 is 15.4 Å². The van der Waals surface area contributed by atoms with E-state index < -0.39 is 6.10 Å². The van der Waals surface area contributed by atoms with Gasteiger partial charge in [0.1, 0.15) is 6.10 Å². The summed E-state index contributed by atoms with van der Waals surface area (Å²) in [5, 5.41) is 5.99. The summed E-state index contributed by atoms with van der Waals surface area (Å²) in [5.74, 6) is -0.0939. The number of carbonyl (C=O) groups is 1. The van der Waals surface area contributed by atoms with Gasteiger partial charge >= 0.3 is 0 Å². The van der Waals surface area contributed by atoms with Crippen LogP contribution in [0.4, 0.5) is 5.69 Å². The highest BCUT2D eigenvalue weighted by molar-refractivity contribution is 9.10. The first-order chi connectivity index (χ1) is 8.13. The van der Waals surface area contributed by atoms with Gasteiger partial charge in [0.15, 0.2) is 0 Å². The van der Waals surface area contributed by atoms with Crippen molar-refractivity contribution in [1.82, 2.24) is 5.32 Å². The third kappa shape index (κ3) is 5.19. The molecule has 1 atom stereocenters. The van der Waals surface area contributed by atoms with Crippen LogP contribution in [0.2, 0.25) is 0 Å². The van der Waals surface area contributed by atoms with Crippen molar-refractivity contribution in [2.75, 3.05) is 25.5 Å². The highest BCUT2D eigenvalue weighted by atomic mass is 79.9. The van der Waals surface area contributed by atoms with E-state index in [4.69, 9.17) is 4.74 Å². The Morgan fingerprint density at radius 2 is 2.24 bits per heavy atom. The van der Waals surface area contributed by atoms with Crippen LogP contribution in [0, 0.1) is 0 Å². The fourth-order valence-electron chi connectivity index (χ4n) is 1.24. The van der Waals surface area contributed by atoms with Gasteiger partial charge in [0.05, 0.1) is 0 Å². The summed E-state index contributed by atoms with van der Waals surface area (Å²) in [5.41, 5.74) is 1.02. The Balaban J connectivity index is 2.22. The third-order valence-corrected chi connectivity index (χ3v) is 2.79. The zero-order valence-corrected chi connectivity index (χ0v) is 11.6. The van der Waals surface area contributed by atoms with Gasteiger partial charge in [0.2, 0.25) is 5.91 Å². The quantitative estimate of drug-likeness (QED) is 0.790. The van der Waals surface area contributed by atoms with Gasteiger partial charge in [-0.2, -0.15) is 0 Å². The number of hydrogen-bond acceptors (Lipinski definition) is 3. The Morgan fingerprint density at radius 3 is 2.88 bits per heavy atom. The molecule has 4 nitrogen and oxygen atoms in total. The van der Waals surface area contributed by atoms with Crippen LogP contribution in [0.5, 0.6) is 0 Å². The van der Waals surface area contributed by atoms with Crippen molar-refractivity contribution in [1.29, 1.82) is 0 Å². The van der Waals surface area contributed by atoms with Crippen molar-refractivity contribution in [3.05, 3.63) is 28.7 Å². The molecule has 1 amide bonds. The fourth-order valence-corrected chi connectivity index (χ4v) is 1.64. The van der Waals surface area contributed by atoms with Crippen LogP contribution >= 0.6 is 15.9 Å². The molecule has 0 fully saturated rings. The number of rotatable bonds is 6. The zero-order chi connectivity index (χ0) is 12.7. The first-order valence-corrected chi connectivity index (χ1v) is 6.22. The van der Waals surface area contributed by atoms with Crippen molar-refractivity contribution >= 4 is 27.5 Å². The number of amides is 1. The molecule has 0 saturated carbocycles. The van der Waals surface area contributed by atoms with E-state index in [1.165, 1.54) is 7.11 Å². The predicted molar refractivity (Wildman–Crippen MR) is 72.1 cm³/mol. The van der Waals surface area contributed by atoms with Crippen LogP contribution in [-0.4, -0.2) is 32.2 Å². The number of benzene rings is 1. The van der Waals surface area contributed by atoms with Crippen LogP contribution < -0.4 is 10.6 Å². The molecule has 5 heteroatoms. The van der Waals surface area contributed by atoms with E-state index in [1.807, 2.05) is 24.3 Å². The number of carbonyl (C=O) groups excluding carboxylic acids is 1. The van der Waals surface area contributed by atoms with Gasteiger partial charge in [-0.05, 0) is 25.1 Å². The lowest BCUT2D eigenvalue weighted by Gasteiger charge is -2.11. The van der Waals surface area contributed by atoms with E-state index in [0.29, 0.717) is 13.1 Å². The van der Waals surface area contributed by atoms with E-state index in [1.54, 1.807) is 6.92 Å². The Kier molecular flexibility index (Phi) is 6.00. The Hall–Kier alpha value is -1.07. The van der Waals surface area contributed by atoms with Gasteiger partial charge in [-0.1, -0.05) is 22.0 Å². The summed E-state index contributed by atoms with van der Waals surface area (Å²) in [7, 11) is 1.52. The Labute approximate surface area is 110 Å². The maximum Gasteiger partial charge on any atom is 0.248 e. The third-order valence-electron chi connectivity index (χ3n) is 2.30. The minimum atomic E-state index is -0.402. The number of anilines is 1. The topological polar surface area (TPSA) is 50.4 Å². The Morgan fingerprint density at radius 1 is 1.47 bits per heavy atom. The molecule has 17 heavy (non-hydrogen) atoms. The van der Waals surface area contributed by atoms with Gasteiger partial charge in [0, 0.05) is 30.4 Å². The molecule has 1 rings (SSSR count). The summed E-state index contributed by atoms with van der Waals surface area (Å²) in [6.07, 6.45) is -0.402. The molecule has 1 aromatic carbocycles. The molecule has 0 aliphatic carbocycles. The lowest BCUT2D eigenvalue weighted by molar-refractivity contribution is -0.129. The van der Waals surface area contributed by atoms with Crippen LogP contribution in [0.1, 0.15) is 6.92 Å². The van der Waals surface area contributed by atoms with Crippen molar-refractivity contribution in [3.63, 3.8) is 0 Å². The average molecular weight is 301 g/mol. The average Bonchev–Trinajstić information content (AvgIpc) is 2.33. The maximum absolute atomic E-state index is 11.4. The second-order valence-corrected chi connectivity index (χ2v) is 4.52. The lowest BCUT2D eigenvalue weighted by Crippen LogP contribution is -2.36. The smallest absolute Gasteiger partial charge is 0.248 e. The normalized spacial score (nSPS) is 11.9. The second-order valence-electron chi connectivity index (χ2n) is 3.61. The summed E-state index contributed by atoms with van der Waals surface area (Å²) in [4.78, 5) is 11.4. The van der Waals surface area contributed by atoms with E-state index in [0.717, 1.165) is 10.2 Å². The van der Waals surface area contributed by atoms with Crippen molar-refractivity contribution in [2.45, 2.75) is 13.0 Å².